The van der Waals surface area contributed by atoms with Crippen molar-refractivity contribution in [3.63, 3.8) is 0 Å². The van der Waals surface area contributed by atoms with Gasteiger partial charge < -0.3 is 21.1 Å². The van der Waals surface area contributed by atoms with Crippen molar-refractivity contribution >= 4 is 17.2 Å². The molecule has 1 atom stereocenters. The second-order valence-electron chi connectivity index (χ2n) is 6.55. The number of hydrogen-bond acceptors (Lipinski definition) is 5. The Morgan fingerprint density at radius 3 is 2.83 bits per heavy atom. The topological polar surface area (TPSA) is 111 Å². The molecule has 3 heterocycles. The smallest absolute Gasteiger partial charge is 0.319 e. The van der Waals surface area contributed by atoms with Crippen LogP contribution in [0.15, 0.2) is 59.8 Å². The Balaban J connectivity index is 1.76. The average Bonchev–Trinajstić information content (AvgIpc) is 2.75. The predicted molar refractivity (Wildman–Crippen MR) is 112 cm³/mol. The molecule has 0 spiro atoms. The molecule has 1 unspecified atom stereocenters. The molecule has 8 nitrogen and oxygen atoms in total. The number of rotatable bonds is 8. The molecule has 8 heteroatoms. The van der Waals surface area contributed by atoms with E-state index >= 15 is 0 Å². The molecule has 0 radical (unpaired) electrons. The van der Waals surface area contributed by atoms with Gasteiger partial charge in [-0.3, -0.25) is 14.2 Å². The Labute approximate surface area is 168 Å². The Kier molecular flexibility index (Phi) is 6.80. The van der Waals surface area contributed by atoms with E-state index in [4.69, 9.17) is 10.5 Å². The Morgan fingerprint density at radius 2 is 2.10 bits per heavy atom. The first-order valence-electron chi connectivity index (χ1n) is 9.58. The number of fused-ring (bicyclic) bond motifs is 1. The molecule has 0 aliphatic rings. The lowest BCUT2D eigenvalue weighted by Gasteiger charge is -2.17. The number of hydrogen-bond donors (Lipinski definition) is 3. The largest absolute Gasteiger partial charge is 0.492 e. The number of nitrogens with two attached hydrogens (primary N) is 1. The summed E-state index contributed by atoms with van der Waals surface area (Å²) < 4.78 is 7.05. The van der Waals surface area contributed by atoms with Gasteiger partial charge in [-0.15, -0.1) is 0 Å². The number of nitrogens with zero attached hydrogens (tertiary/aromatic N) is 2. The maximum absolute atomic E-state index is 12.8. The molecular formula is C21H25N5O3. The van der Waals surface area contributed by atoms with Crippen LogP contribution in [-0.4, -0.2) is 28.6 Å². The van der Waals surface area contributed by atoms with Gasteiger partial charge in [0.15, 0.2) is 0 Å². The second kappa shape index (κ2) is 9.70. The fourth-order valence-electron chi connectivity index (χ4n) is 2.95. The van der Waals surface area contributed by atoms with Gasteiger partial charge in [0.25, 0.3) is 5.56 Å². The molecule has 0 aliphatic heterocycles. The van der Waals surface area contributed by atoms with E-state index in [1.807, 2.05) is 19.1 Å². The molecule has 2 amide bonds. The first-order valence-corrected chi connectivity index (χ1v) is 9.58. The van der Waals surface area contributed by atoms with Crippen molar-refractivity contribution in [3.8, 4) is 5.75 Å². The minimum atomic E-state index is -0.451. The number of nitrogens with one attached hydrogen (secondary N) is 2. The lowest BCUT2D eigenvalue weighted by Crippen LogP contribution is -2.34. The molecule has 0 aromatic carbocycles. The van der Waals surface area contributed by atoms with Crippen LogP contribution in [0.1, 0.15) is 31.4 Å². The normalized spacial score (nSPS) is 11.8. The monoisotopic (exact) mass is 395 g/mol. The predicted octanol–water partition coefficient (Wildman–Crippen LogP) is 2.69. The summed E-state index contributed by atoms with van der Waals surface area (Å²) >= 11 is 0. The zero-order valence-electron chi connectivity index (χ0n) is 16.3. The number of ether oxygens (including phenoxy) is 1. The van der Waals surface area contributed by atoms with E-state index in [1.165, 1.54) is 4.40 Å². The molecule has 3 aromatic rings. The molecule has 152 valence electrons. The maximum Gasteiger partial charge on any atom is 0.319 e. The van der Waals surface area contributed by atoms with Gasteiger partial charge in [0, 0.05) is 17.9 Å². The third kappa shape index (κ3) is 5.11. The molecule has 3 rings (SSSR count). The summed E-state index contributed by atoms with van der Waals surface area (Å²) in [5.41, 5.74) is 6.92. The van der Waals surface area contributed by atoms with Crippen molar-refractivity contribution in [2.75, 3.05) is 18.5 Å². The van der Waals surface area contributed by atoms with Crippen LogP contribution in [-0.2, 0) is 0 Å². The lowest BCUT2D eigenvalue weighted by molar-refractivity contribution is 0.248. The van der Waals surface area contributed by atoms with E-state index in [0.29, 0.717) is 30.8 Å². The van der Waals surface area contributed by atoms with E-state index in [1.54, 1.807) is 42.9 Å². The summed E-state index contributed by atoms with van der Waals surface area (Å²) in [5, 5.41) is 5.53. The molecule has 29 heavy (non-hydrogen) atoms. The van der Waals surface area contributed by atoms with Gasteiger partial charge in [-0.2, -0.15) is 0 Å². The Bertz CT molecular complexity index is 1020. The van der Waals surface area contributed by atoms with Crippen LogP contribution in [0, 0.1) is 0 Å². The van der Waals surface area contributed by atoms with Crippen LogP contribution in [0.2, 0.25) is 0 Å². The van der Waals surface area contributed by atoms with Crippen LogP contribution < -0.4 is 26.7 Å². The van der Waals surface area contributed by atoms with E-state index in [0.717, 1.165) is 12.0 Å². The van der Waals surface area contributed by atoms with Crippen molar-refractivity contribution in [3.05, 3.63) is 70.9 Å². The molecule has 0 saturated carbocycles. The van der Waals surface area contributed by atoms with E-state index in [2.05, 4.69) is 15.6 Å². The third-order valence-electron chi connectivity index (χ3n) is 4.49. The van der Waals surface area contributed by atoms with E-state index in [-0.39, 0.29) is 17.3 Å². The number of pyridine rings is 3. The van der Waals surface area contributed by atoms with Gasteiger partial charge in [-0.25, -0.2) is 4.79 Å². The van der Waals surface area contributed by atoms with Gasteiger partial charge in [0.2, 0.25) is 0 Å². The van der Waals surface area contributed by atoms with Gasteiger partial charge in [-0.05, 0) is 55.3 Å². The summed E-state index contributed by atoms with van der Waals surface area (Å²) in [5.74, 6) is 0.567. The first kappa shape index (κ1) is 20.3. The van der Waals surface area contributed by atoms with Gasteiger partial charge in [0.05, 0.1) is 18.8 Å². The average molecular weight is 395 g/mol. The molecule has 0 aliphatic carbocycles. The third-order valence-corrected chi connectivity index (χ3v) is 4.49. The highest BCUT2D eigenvalue weighted by Crippen LogP contribution is 2.16. The van der Waals surface area contributed by atoms with Crippen molar-refractivity contribution in [1.29, 1.82) is 0 Å². The molecular weight excluding hydrogens is 370 g/mol. The number of amides is 2. The highest BCUT2D eigenvalue weighted by molar-refractivity contribution is 5.89. The maximum atomic E-state index is 12.8. The zero-order chi connectivity index (χ0) is 20.6. The van der Waals surface area contributed by atoms with Crippen LogP contribution in [0.5, 0.6) is 5.75 Å². The van der Waals surface area contributed by atoms with Crippen LogP contribution >= 0.6 is 0 Å². The van der Waals surface area contributed by atoms with Crippen molar-refractivity contribution in [2.45, 2.75) is 25.8 Å². The number of carbonyl (C=O) groups is 1. The van der Waals surface area contributed by atoms with Gasteiger partial charge in [-0.1, -0.05) is 13.0 Å². The molecule has 0 fully saturated rings. The SMILES string of the molecule is CCC(NC(=O)Nc1ccc2ccc(OCCCN)cn2c1=O)c1cccnc1. The highest BCUT2D eigenvalue weighted by atomic mass is 16.5. The van der Waals surface area contributed by atoms with Crippen LogP contribution in [0.25, 0.3) is 5.52 Å². The first-order chi connectivity index (χ1) is 14.1. The number of urea groups is 1. The van der Waals surface area contributed by atoms with Crippen molar-refractivity contribution < 1.29 is 9.53 Å². The molecule has 3 aromatic heterocycles. The van der Waals surface area contributed by atoms with Crippen LogP contribution in [0.4, 0.5) is 10.5 Å². The summed E-state index contributed by atoms with van der Waals surface area (Å²) in [6.07, 6.45) is 6.43. The van der Waals surface area contributed by atoms with Crippen molar-refractivity contribution in [1.82, 2.24) is 14.7 Å². The van der Waals surface area contributed by atoms with Crippen LogP contribution in [0.3, 0.4) is 0 Å². The molecule has 0 saturated heterocycles. The fraction of sp³-hybridized carbons (Fsp3) is 0.286. The lowest BCUT2D eigenvalue weighted by atomic mass is 10.1. The summed E-state index contributed by atoms with van der Waals surface area (Å²) in [6.45, 7) is 2.98. The minimum absolute atomic E-state index is 0.181. The van der Waals surface area contributed by atoms with E-state index < -0.39 is 6.03 Å². The van der Waals surface area contributed by atoms with Crippen molar-refractivity contribution in [2.24, 2.45) is 5.73 Å². The summed E-state index contributed by atoms with van der Waals surface area (Å²) in [7, 11) is 0. The summed E-state index contributed by atoms with van der Waals surface area (Å²) in [4.78, 5) is 29.3. The number of aromatic nitrogens is 2. The number of anilines is 1. The minimum Gasteiger partial charge on any atom is -0.492 e. The van der Waals surface area contributed by atoms with Gasteiger partial charge >= 0.3 is 6.03 Å². The van der Waals surface area contributed by atoms with Gasteiger partial charge in [0.1, 0.15) is 11.4 Å². The Morgan fingerprint density at radius 1 is 1.28 bits per heavy atom. The second-order valence-corrected chi connectivity index (χ2v) is 6.55. The standard InChI is InChI=1S/C21H25N5O3/c1-2-18(15-5-3-11-23-13-15)24-21(28)25-19-9-7-16-6-8-17(29-12-4-10-22)14-26(16)20(19)27/h3,5-9,11,13-14,18H,2,4,10,12,22H2,1H3,(H2,24,25,28). The summed E-state index contributed by atoms with van der Waals surface area (Å²) in [6, 6.07) is 10.0. The quantitative estimate of drug-likeness (QED) is 0.508. The Hall–Kier alpha value is -3.39. The zero-order valence-corrected chi connectivity index (χ0v) is 16.3. The number of carbonyl (C=O) groups excluding carboxylic acids is 1. The highest BCUT2D eigenvalue weighted by Gasteiger charge is 2.14. The molecule has 4 N–H and O–H groups in total. The van der Waals surface area contributed by atoms with E-state index in [9.17, 15) is 9.59 Å². The fourth-order valence-corrected chi connectivity index (χ4v) is 2.95. The molecule has 0 bridgehead atoms.